The summed E-state index contributed by atoms with van der Waals surface area (Å²) in [5.41, 5.74) is -0.674. The van der Waals surface area contributed by atoms with Crippen LogP contribution in [0, 0.1) is 0 Å². The van der Waals surface area contributed by atoms with Crippen LogP contribution in [0.25, 0.3) is 10.8 Å². The van der Waals surface area contributed by atoms with Gasteiger partial charge in [-0.05, 0) is 55.8 Å². The standard InChI is InChI=1S/C22H27ClN2O5S/c1-22(2,3)30-21(27)19-14-24-9-10-25(19)20(26)8-11-31(28,29)18-7-5-15-12-17(23)6-4-16(15)13-18/h4-7,12-13,19,24H,8-11,14H2,1-3H3. The van der Waals surface area contributed by atoms with Crippen molar-refractivity contribution >= 4 is 44.1 Å². The molecule has 1 aliphatic heterocycles. The summed E-state index contributed by atoms with van der Waals surface area (Å²) in [6.45, 7) is 6.41. The smallest absolute Gasteiger partial charge is 0.330 e. The zero-order valence-corrected chi connectivity index (χ0v) is 19.4. The maximum atomic E-state index is 12.8. The van der Waals surface area contributed by atoms with E-state index in [1.165, 1.54) is 11.0 Å². The number of hydrogen-bond acceptors (Lipinski definition) is 6. The van der Waals surface area contributed by atoms with E-state index < -0.39 is 27.4 Å². The number of ether oxygens (including phenoxy) is 1. The van der Waals surface area contributed by atoms with Crippen LogP contribution in [0.2, 0.25) is 5.02 Å². The zero-order valence-electron chi connectivity index (χ0n) is 17.9. The molecular formula is C22H27ClN2O5S. The van der Waals surface area contributed by atoms with E-state index in [1.807, 2.05) is 0 Å². The third kappa shape index (κ3) is 5.96. The average Bonchev–Trinajstić information content (AvgIpc) is 2.70. The fourth-order valence-corrected chi connectivity index (χ4v) is 4.90. The summed E-state index contributed by atoms with van der Waals surface area (Å²) in [5.74, 6) is -1.21. The summed E-state index contributed by atoms with van der Waals surface area (Å²) in [4.78, 5) is 26.9. The molecule has 7 nitrogen and oxygen atoms in total. The van der Waals surface area contributed by atoms with Gasteiger partial charge in [0.1, 0.15) is 11.6 Å². The summed E-state index contributed by atoms with van der Waals surface area (Å²) < 4.78 is 31.1. The third-order valence-corrected chi connectivity index (χ3v) is 6.91. The molecule has 1 N–H and O–H groups in total. The van der Waals surface area contributed by atoms with Crippen LogP contribution < -0.4 is 5.32 Å². The molecule has 9 heteroatoms. The van der Waals surface area contributed by atoms with Gasteiger partial charge in [-0.3, -0.25) is 4.79 Å². The molecule has 2 aromatic rings. The monoisotopic (exact) mass is 466 g/mol. The first-order valence-corrected chi connectivity index (χ1v) is 12.1. The van der Waals surface area contributed by atoms with E-state index in [1.54, 1.807) is 51.1 Å². The molecule has 0 bridgehead atoms. The van der Waals surface area contributed by atoms with Crippen molar-refractivity contribution in [1.29, 1.82) is 0 Å². The lowest BCUT2D eigenvalue weighted by molar-refractivity contribution is -0.165. The molecule has 168 valence electrons. The molecule has 1 unspecified atom stereocenters. The number of halogens is 1. The van der Waals surface area contributed by atoms with Crippen LogP contribution in [0.5, 0.6) is 0 Å². The predicted octanol–water partition coefficient (Wildman–Crippen LogP) is 2.80. The Morgan fingerprint density at radius 2 is 1.84 bits per heavy atom. The van der Waals surface area contributed by atoms with Crippen LogP contribution in [0.1, 0.15) is 27.2 Å². The number of piperazine rings is 1. The second kappa shape index (κ2) is 9.14. The Hall–Kier alpha value is -2.16. The van der Waals surface area contributed by atoms with Crippen LogP contribution >= 0.6 is 11.6 Å². The number of esters is 1. The first-order chi connectivity index (χ1) is 14.5. The minimum Gasteiger partial charge on any atom is -0.458 e. The van der Waals surface area contributed by atoms with Crippen molar-refractivity contribution in [1.82, 2.24) is 10.2 Å². The van der Waals surface area contributed by atoms with Crippen molar-refractivity contribution in [2.75, 3.05) is 25.4 Å². The molecular weight excluding hydrogens is 440 g/mol. The Balaban J connectivity index is 1.70. The first-order valence-electron chi connectivity index (χ1n) is 10.1. The maximum Gasteiger partial charge on any atom is 0.330 e. The number of hydrogen-bond donors (Lipinski definition) is 1. The fourth-order valence-electron chi connectivity index (χ4n) is 3.45. The minimum absolute atomic E-state index is 0.152. The highest BCUT2D eigenvalue weighted by Gasteiger charge is 2.35. The molecule has 2 aromatic carbocycles. The number of nitrogens with zero attached hydrogens (tertiary/aromatic N) is 1. The molecule has 3 rings (SSSR count). The van der Waals surface area contributed by atoms with E-state index in [9.17, 15) is 18.0 Å². The Kier molecular flexibility index (Phi) is 6.93. The van der Waals surface area contributed by atoms with Gasteiger partial charge in [0.25, 0.3) is 0 Å². The lowest BCUT2D eigenvalue weighted by Crippen LogP contribution is -2.58. The topological polar surface area (TPSA) is 92.8 Å². The van der Waals surface area contributed by atoms with Crippen molar-refractivity contribution in [3.05, 3.63) is 41.4 Å². The molecule has 1 saturated heterocycles. The lowest BCUT2D eigenvalue weighted by Gasteiger charge is -2.36. The van der Waals surface area contributed by atoms with Gasteiger partial charge in [0.15, 0.2) is 9.84 Å². The number of nitrogens with one attached hydrogen (secondary N) is 1. The SMILES string of the molecule is CC(C)(C)OC(=O)C1CNCCN1C(=O)CCS(=O)(=O)c1ccc2cc(Cl)ccc2c1. The second-order valence-corrected chi connectivity index (χ2v) is 11.1. The van der Waals surface area contributed by atoms with E-state index in [2.05, 4.69) is 5.32 Å². The van der Waals surface area contributed by atoms with Gasteiger partial charge in [0.2, 0.25) is 5.91 Å². The highest BCUT2D eigenvalue weighted by Crippen LogP contribution is 2.24. The number of carbonyl (C=O) groups excluding carboxylic acids is 2. The summed E-state index contributed by atoms with van der Waals surface area (Å²) in [5, 5.41) is 5.25. The Bertz CT molecular complexity index is 1090. The Labute approximate surface area is 187 Å². The van der Waals surface area contributed by atoms with Gasteiger partial charge in [-0.15, -0.1) is 0 Å². The van der Waals surface area contributed by atoms with Gasteiger partial charge >= 0.3 is 5.97 Å². The van der Waals surface area contributed by atoms with Gasteiger partial charge in [0, 0.05) is 31.1 Å². The maximum absolute atomic E-state index is 12.8. The van der Waals surface area contributed by atoms with Crippen molar-refractivity contribution in [2.24, 2.45) is 0 Å². The van der Waals surface area contributed by atoms with Crippen LogP contribution in [0.4, 0.5) is 0 Å². The number of carbonyl (C=O) groups is 2. The van der Waals surface area contributed by atoms with E-state index in [-0.39, 0.29) is 29.5 Å². The van der Waals surface area contributed by atoms with Gasteiger partial charge in [-0.25, -0.2) is 13.2 Å². The van der Waals surface area contributed by atoms with Crippen LogP contribution in [0.15, 0.2) is 41.3 Å². The van der Waals surface area contributed by atoms with E-state index >= 15 is 0 Å². The van der Waals surface area contributed by atoms with Crippen molar-refractivity contribution in [3.8, 4) is 0 Å². The zero-order chi connectivity index (χ0) is 22.8. The fraction of sp³-hybridized carbons (Fsp3) is 0.455. The van der Waals surface area contributed by atoms with Gasteiger partial charge in [-0.2, -0.15) is 0 Å². The summed E-state index contributed by atoms with van der Waals surface area (Å²) in [6.07, 6.45) is -0.208. The normalized spacial score (nSPS) is 17.5. The molecule has 1 atom stereocenters. The first kappa shape index (κ1) is 23.5. The molecule has 1 aliphatic rings. The minimum atomic E-state index is -3.67. The number of fused-ring (bicyclic) bond motifs is 1. The predicted molar refractivity (Wildman–Crippen MR) is 120 cm³/mol. The summed E-state index contributed by atoms with van der Waals surface area (Å²) in [7, 11) is -3.67. The summed E-state index contributed by atoms with van der Waals surface area (Å²) >= 11 is 5.98. The van der Waals surface area contributed by atoms with Crippen LogP contribution in [0.3, 0.4) is 0 Å². The molecule has 0 aliphatic carbocycles. The molecule has 0 saturated carbocycles. The van der Waals surface area contributed by atoms with Crippen LogP contribution in [-0.4, -0.2) is 62.2 Å². The van der Waals surface area contributed by atoms with Crippen molar-refractivity contribution in [3.63, 3.8) is 0 Å². The number of sulfone groups is 1. The third-order valence-electron chi connectivity index (χ3n) is 4.96. The van der Waals surface area contributed by atoms with E-state index in [0.29, 0.717) is 18.1 Å². The molecule has 31 heavy (non-hydrogen) atoms. The van der Waals surface area contributed by atoms with Gasteiger partial charge < -0.3 is 15.0 Å². The number of benzene rings is 2. The lowest BCUT2D eigenvalue weighted by atomic mass is 10.1. The van der Waals surface area contributed by atoms with Gasteiger partial charge in [0.05, 0.1) is 10.6 Å². The highest BCUT2D eigenvalue weighted by atomic mass is 35.5. The number of rotatable bonds is 5. The van der Waals surface area contributed by atoms with Gasteiger partial charge in [-0.1, -0.05) is 23.7 Å². The molecule has 1 amide bonds. The number of amides is 1. The Morgan fingerprint density at radius 1 is 1.16 bits per heavy atom. The van der Waals surface area contributed by atoms with Crippen molar-refractivity contribution in [2.45, 2.75) is 43.7 Å². The molecule has 0 radical (unpaired) electrons. The quantitative estimate of drug-likeness (QED) is 0.681. The largest absolute Gasteiger partial charge is 0.458 e. The second-order valence-electron chi connectivity index (χ2n) is 8.56. The molecule has 1 heterocycles. The van der Waals surface area contributed by atoms with Crippen molar-refractivity contribution < 1.29 is 22.7 Å². The van der Waals surface area contributed by atoms with Crippen LogP contribution in [-0.2, 0) is 24.2 Å². The molecule has 0 aromatic heterocycles. The van der Waals surface area contributed by atoms with E-state index in [0.717, 1.165) is 10.8 Å². The Morgan fingerprint density at radius 3 is 2.55 bits per heavy atom. The summed E-state index contributed by atoms with van der Waals surface area (Å²) in [6, 6.07) is 9.25. The molecule has 0 spiro atoms. The molecule has 1 fully saturated rings. The average molecular weight is 467 g/mol. The van der Waals surface area contributed by atoms with E-state index in [4.69, 9.17) is 16.3 Å². The highest BCUT2D eigenvalue weighted by molar-refractivity contribution is 7.91.